The first-order chi connectivity index (χ1) is 7.47. The van der Waals surface area contributed by atoms with E-state index in [2.05, 4.69) is 4.74 Å². The number of aryl methyl sites for hydroxylation is 2. The van der Waals surface area contributed by atoms with Crippen LogP contribution in [0.1, 0.15) is 29.7 Å². The molecule has 0 bridgehead atoms. The van der Waals surface area contributed by atoms with Gasteiger partial charge in [0.25, 0.3) is 0 Å². The van der Waals surface area contributed by atoms with Crippen LogP contribution in [0, 0.1) is 19.7 Å². The van der Waals surface area contributed by atoms with Crippen LogP contribution in [0.25, 0.3) is 0 Å². The molecule has 4 heteroatoms. The van der Waals surface area contributed by atoms with Crippen molar-refractivity contribution < 1.29 is 19.0 Å². The normalized spacial score (nSPS) is 12.3. The first-order valence-electron chi connectivity index (χ1n) is 5.08. The van der Waals surface area contributed by atoms with Crippen LogP contribution >= 0.6 is 0 Å². The van der Waals surface area contributed by atoms with Gasteiger partial charge in [-0.25, -0.2) is 9.18 Å². The Morgan fingerprint density at radius 2 is 2.00 bits per heavy atom. The summed E-state index contributed by atoms with van der Waals surface area (Å²) in [6.07, 6.45) is -1.56. The molecule has 0 saturated carbocycles. The molecule has 1 atom stereocenters. The van der Waals surface area contributed by atoms with Gasteiger partial charge in [-0.15, -0.1) is 0 Å². The van der Waals surface area contributed by atoms with E-state index in [9.17, 15) is 14.3 Å². The average molecular weight is 226 g/mol. The topological polar surface area (TPSA) is 46.5 Å². The lowest BCUT2D eigenvalue weighted by molar-refractivity contribution is -0.153. The predicted octanol–water partition coefficient (Wildman–Crippen LogP) is 2.04. The van der Waals surface area contributed by atoms with Gasteiger partial charge in [0.15, 0.2) is 6.10 Å². The van der Waals surface area contributed by atoms with Gasteiger partial charge in [-0.1, -0.05) is 0 Å². The number of hydrogen-bond acceptors (Lipinski definition) is 3. The zero-order valence-electron chi connectivity index (χ0n) is 9.58. The Balaban J connectivity index is 3.04. The fourth-order valence-corrected chi connectivity index (χ4v) is 1.36. The molecule has 1 unspecified atom stereocenters. The SMILES string of the molecule is CCOC(=O)C(O)c1cc(C)c(C)cc1F. The van der Waals surface area contributed by atoms with E-state index in [0.717, 1.165) is 11.1 Å². The Bertz CT molecular complexity index is 401. The third-order valence-corrected chi connectivity index (χ3v) is 2.42. The van der Waals surface area contributed by atoms with Crippen LogP contribution in [0.5, 0.6) is 0 Å². The third kappa shape index (κ3) is 2.58. The number of aliphatic hydroxyl groups excluding tert-OH is 1. The van der Waals surface area contributed by atoms with Crippen molar-refractivity contribution in [3.05, 3.63) is 34.6 Å². The lowest BCUT2D eigenvalue weighted by Gasteiger charge is -2.12. The second-order valence-electron chi connectivity index (χ2n) is 3.61. The number of esters is 1. The number of halogens is 1. The van der Waals surface area contributed by atoms with Gasteiger partial charge >= 0.3 is 5.97 Å². The molecule has 0 aromatic heterocycles. The van der Waals surface area contributed by atoms with Gasteiger partial charge in [-0.2, -0.15) is 0 Å². The molecule has 0 radical (unpaired) electrons. The number of carbonyl (C=O) groups is 1. The number of aliphatic hydroxyl groups is 1. The molecule has 0 spiro atoms. The minimum absolute atomic E-state index is 0.0402. The monoisotopic (exact) mass is 226 g/mol. The summed E-state index contributed by atoms with van der Waals surface area (Å²) in [5, 5.41) is 9.60. The fourth-order valence-electron chi connectivity index (χ4n) is 1.36. The van der Waals surface area contributed by atoms with Crippen LogP contribution in [0.2, 0.25) is 0 Å². The number of benzene rings is 1. The maximum atomic E-state index is 13.5. The fraction of sp³-hybridized carbons (Fsp3) is 0.417. The van der Waals surface area contributed by atoms with Crippen molar-refractivity contribution in [1.29, 1.82) is 0 Å². The van der Waals surface area contributed by atoms with Crippen molar-refractivity contribution in [2.45, 2.75) is 26.9 Å². The summed E-state index contributed by atoms with van der Waals surface area (Å²) in [4.78, 5) is 11.3. The zero-order chi connectivity index (χ0) is 12.3. The lowest BCUT2D eigenvalue weighted by atomic mass is 10.0. The van der Waals surface area contributed by atoms with Crippen molar-refractivity contribution in [3.63, 3.8) is 0 Å². The average Bonchev–Trinajstić information content (AvgIpc) is 2.23. The third-order valence-electron chi connectivity index (χ3n) is 2.42. The van der Waals surface area contributed by atoms with Crippen LogP contribution in [0.4, 0.5) is 4.39 Å². The summed E-state index contributed by atoms with van der Waals surface area (Å²) in [7, 11) is 0. The minimum Gasteiger partial charge on any atom is -0.464 e. The largest absolute Gasteiger partial charge is 0.464 e. The molecule has 1 N–H and O–H groups in total. The maximum Gasteiger partial charge on any atom is 0.339 e. The Kier molecular flexibility index (Phi) is 4.01. The van der Waals surface area contributed by atoms with Gasteiger partial charge in [0.2, 0.25) is 0 Å². The summed E-state index contributed by atoms with van der Waals surface area (Å²) in [6.45, 7) is 5.33. The summed E-state index contributed by atoms with van der Waals surface area (Å²) >= 11 is 0. The highest BCUT2D eigenvalue weighted by Gasteiger charge is 2.22. The second kappa shape index (κ2) is 5.07. The standard InChI is InChI=1S/C12H15FO3/c1-4-16-12(15)11(14)9-5-7(2)8(3)6-10(9)13/h5-6,11,14H,4H2,1-3H3. The molecule has 0 aliphatic heterocycles. The molecule has 1 aromatic carbocycles. The molecule has 0 amide bonds. The van der Waals surface area contributed by atoms with Crippen molar-refractivity contribution in [1.82, 2.24) is 0 Å². The van der Waals surface area contributed by atoms with Crippen molar-refractivity contribution in [3.8, 4) is 0 Å². The van der Waals surface area contributed by atoms with E-state index < -0.39 is 17.9 Å². The molecule has 88 valence electrons. The molecule has 16 heavy (non-hydrogen) atoms. The van der Waals surface area contributed by atoms with Crippen LogP contribution in [0.15, 0.2) is 12.1 Å². The maximum absolute atomic E-state index is 13.5. The van der Waals surface area contributed by atoms with Gasteiger partial charge in [0.1, 0.15) is 5.82 Å². The summed E-state index contributed by atoms with van der Waals surface area (Å²) in [5.74, 6) is -1.42. The first-order valence-corrected chi connectivity index (χ1v) is 5.08. The number of carbonyl (C=O) groups excluding carboxylic acids is 1. The van der Waals surface area contributed by atoms with Crippen molar-refractivity contribution in [2.24, 2.45) is 0 Å². The molecule has 0 aliphatic carbocycles. The van der Waals surface area contributed by atoms with Crippen molar-refractivity contribution in [2.75, 3.05) is 6.61 Å². The molecule has 1 aromatic rings. The van der Waals surface area contributed by atoms with Crippen LogP contribution < -0.4 is 0 Å². The first kappa shape index (κ1) is 12.6. The molecule has 1 rings (SSSR count). The molecular formula is C12H15FO3. The van der Waals surface area contributed by atoms with E-state index in [1.807, 2.05) is 0 Å². The Morgan fingerprint density at radius 1 is 1.44 bits per heavy atom. The van der Waals surface area contributed by atoms with E-state index in [0.29, 0.717) is 0 Å². The number of hydrogen-bond donors (Lipinski definition) is 1. The van der Waals surface area contributed by atoms with E-state index in [1.54, 1.807) is 20.8 Å². The Hall–Kier alpha value is -1.42. The highest BCUT2D eigenvalue weighted by molar-refractivity contribution is 5.76. The predicted molar refractivity (Wildman–Crippen MR) is 57.5 cm³/mol. The zero-order valence-corrected chi connectivity index (χ0v) is 9.58. The van der Waals surface area contributed by atoms with Gasteiger partial charge in [0.05, 0.1) is 6.61 Å². The minimum atomic E-state index is -1.56. The quantitative estimate of drug-likeness (QED) is 0.802. The lowest BCUT2D eigenvalue weighted by Crippen LogP contribution is -2.17. The highest BCUT2D eigenvalue weighted by atomic mass is 19.1. The highest BCUT2D eigenvalue weighted by Crippen LogP contribution is 2.22. The van der Waals surface area contributed by atoms with E-state index in [1.165, 1.54) is 12.1 Å². The van der Waals surface area contributed by atoms with Crippen LogP contribution in [0.3, 0.4) is 0 Å². The van der Waals surface area contributed by atoms with Gasteiger partial charge in [-0.3, -0.25) is 0 Å². The van der Waals surface area contributed by atoms with E-state index >= 15 is 0 Å². The Morgan fingerprint density at radius 3 is 2.56 bits per heavy atom. The number of ether oxygens (including phenoxy) is 1. The smallest absolute Gasteiger partial charge is 0.339 e. The summed E-state index contributed by atoms with van der Waals surface area (Å²) in [5.41, 5.74) is 1.55. The van der Waals surface area contributed by atoms with E-state index in [4.69, 9.17) is 0 Å². The second-order valence-corrected chi connectivity index (χ2v) is 3.61. The molecule has 3 nitrogen and oxygen atoms in total. The van der Waals surface area contributed by atoms with Crippen LogP contribution in [-0.4, -0.2) is 17.7 Å². The molecule has 0 heterocycles. The van der Waals surface area contributed by atoms with Gasteiger partial charge < -0.3 is 9.84 Å². The van der Waals surface area contributed by atoms with Gasteiger partial charge in [0, 0.05) is 5.56 Å². The van der Waals surface area contributed by atoms with Crippen molar-refractivity contribution >= 4 is 5.97 Å². The van der Waals surface area contributed by atoms with Crippen LogP contribution in [-0.2, 0) is 9.53 Å². The summed E-state index contributed by atoms with van der Waals surface area (Å²) < 4.78 is 18.1. The van der Waals surface area contributed by atoms with E-state index in [-0.39, 0.29) is 12.2 Å². The molecular weight excluding hydrogens is 211 g/mol. The number of rotatable bonds is 3. The Labute approximate surface area is 93.9 Å². The summed E-state index contributed by atoms with van der Waals surface area (Å²) in [6, 6.07) is 2.76. The molecule has 0 saturated heterocycles. The van der Waals surface area contributed by atoms with Gasteiger partial charge in [-0.05, 0) is 44.0 Å². The molecule has 0 aliphatic rings. The molecule has 0 fully saturated rings.